The molecule has 9 nitrogen and oxygen atoms in total. The van der Waals surface area contributed by atoms with Crippen molar-refractivity contribution in [1.29, 1.82) is 0 Å². The maximum Gasteiger partial charge on any atom is 0.228 e. The highest BCUT2D eigenvalue weighted by molar-refractivity contribution is 5.87. The minimum Gasteiger partial charge on any atom is -0.361 e. The molecule has 4 aromatic rings. The monoisotopic (exact) mass is 500 g/mol. The molecule has 1 saturated heterocycles. The van der Waals surface area contributed by atoms with E-state index in [2.05, 4.69) is 47.8 Å². The second kappa shape index (κ2) is 10.7. The molecule has 0 spiro atoms. The SMILES string of the molecule is CCC(CC)n1ncc2nc(N3CCN(C(C)=O)CC3)nc(N[C@@H](CC)c3cnc4ccccc4c3)c21. The van der Waals surface area contributed by atoms with Crippen LogP contribution in [0.4, 0.5) is 11.8 Å². The van der Waals surface area contributed by atoms with Crippen molar-refractivity contribution < 1.29 is 4.79 Å². The predicted molar refractivity (Wildman–Crippen MR) is 148 cm³/mol. The molecule has 1 N–H and O–H groups in total. The highest BCUT2D eigenvalue weighted by Crippen LogP contribution is 2.32. The minimum absolute atomic E-state index is 0.0302. The number of rotatable bonds is 8. The lowest BCUT2D eigenvalue weighted by Gasteiger charge is -2.34. The van der Waals surface area contributed by atoms with Crippen molar-refractivity contribution in [2.24, 2.45) is 0 Å². The van der Waals surface area contributed by atoms with E-state index >= 15 is 0 Å². The van der Waals surface area contributed by atoms with Crippen molar-refractivity contribution in [3.05, 3.63) is 48.3 Å². The largest absolute Gasteiger partial charge is 0.361 e. The Labute approximate surface area is 217 Å². The zero-order valence-electron chi connectivity index (χ0n) is 22.2. The van der Waals surface area contributed by atoms with Gasteiger partial charge in [0.1, 0.15) is 11.0 Å². The zero-order chi connectivity index (χ0) is 25.9. The number of carbonyl (C=O) groups is 1. The van der Waals surface area contributed by atoms with Crippen LogP contribution in [-0.2, 0) is 4.79 Å². The molecule has 5 rings (SSSR count). The number of para-hydroxylation sites is 1. The lowest BCUT2D eigenvalue weighted by atomic mass is 10.0. The molecule has 1 aliphatic heterocycles. The van der Waals surface area contributed by atoms with Crippen LogP contribution in [0.2, 0.25) is 0 Å². The average molecular weight is 501 g/mol. The number of carbonyl (C=O) groups excluding carboxylic acids is 1. The van der Waals surface area contributed by atoms with Crippen molar-refractivity contribution in [3.8, 4) is 0 Å². The van der Waals surface area contributed by atoms with Crippen LogP contribution in [0.1, 0.15) is 64.6 Å². The molecule has 4 heterocycles. The smallest absolute Gasteiger partial charge is 0.228 e. The first-order valence-corrected chi connectivity index (χ1v) is 13.4. The third-order valence-electron chi connectivity index (χ3n) is 7.46. The molecule has 0 saturated carbocycles. The normalized spacial score (nSPS) is 15.1. The predicted octanol–water partition coefficient (Wildman–Crippen LogP) is 4.97. The fraction of sp³-hybridized carbons (Fsp3) is 0.464. The number of hydrogen-bond donors (Lipinski definition) is 1. The molecule has 0 unspecified atom stereocenters. The van der Waals surface area contributed by atoms with Gasteiger partial charge in [-0.1, -0.05) is 39.0 Å². The van der Waals surface area contributed by atoms with Gasteiger partial charge in [-0.2, -0.15) is 10.1 Å². The number of aromatic nitrogens is 5. The molecule has 1 aliphatic rings. The molecule has 0 bridgehead atoms. The van der Waals surface area contributed by atoms with E-state index in [4.69, 9.17) is 20.1 Å². The Kier molecular flexibility index (Phi) is 7.21. The van der Waals surface area contributed by atoms with E-state index in [-0.39, 0.29) is 18.0 Å². The van der Waals surface area contributed by atoms with Gasteiger partial charge in [0, 0.05) is 44.7 Å². The van der Waals surface area contributed by atoms with E-state index < -0.39 is 0 Å². The number of nitrogens with one attached hydrogen (secondary N) is 1. The number of anilines is 2. The Morgan fingerprint density at radius 2 is 1.73 bits per heavy atom. The van der Waals surface area contributed by atoms with Gasteiger partial charge in [-0.3, -0.25) is 14.5 Å². The molecule has 1 aromatic carbocycles. The summed E-state index contributed by atoms with van der Waals surface area (Å²) in [5, 5.41) is 9.63. The summed E-state index contributed by atoms with van der Waals surface area (Å²) in [5.41, 5.74) is 3.88. The fourth-order valence-corrected chi connectivity index (χ4v) is 5.19. The van der Waals surface area contributed by atoms with Crippen molar-refractivity contribution in [1.82, 2.24) is 29.6 Å². The Morgan fingerprint density at radius 3 is 2.43 bits per heavy atom. The van der Waals surface area contributed by atoms with Crippen molar-refractivity contribution in [3.63, 3.8) is 0 Å². The van der Waals surface area contributed by atoms with E-state index in [1.807, 2.05) is 35.5 Å². The number of nitrogens with zero attached hydrogens (tertiary/aromatic N) is 7. The summed E-state index contributed by atoms with van der Waals surface area (Å²) in [7, 11) is 0. The summed E-state index contributed by atoms with van der Waals surface area (Å²) in [4.78, 5) is 30.5. The van der Waals surface area contributed by atoms with Gasteiger partial charge in [-0.25, -0.2) is 4.98 Å². The van der Waals surface area contributed by atoms with Gasteiger partial charge in [-0.05, 0) is 37.0 Å². The highest BCUT2D eigenvalue weighted by Gasteiger charge is 2.25. The Morgan fingerprint density at radius 1 is 0.973 bits per heavy atom. The second-order valence-corrected chi connectivity index (χ2v) is 9.73. The average Bonchev–Trinajstić information content (AvgIpc) is 3.36. The first-order chi connectivity index (χ1) is 18.0. The van der Waals surface area contributed by atoms with Gasteiger partial charge in [0.15, 0.2) is 5.82 Å². The standard InChI is InChI=1S/C28H36N8O/c1-5-22(6-2)36-26-25(18-30-36)32-28(35-14-12-34(13-15-35)19(4)37)33-27(26)31-23(7-3)21-16-20-10-8-9-11-24(20)29-17-21/h8-11,16-18,22-23H,5-7,12-15H2,1-4H3,(H,31,32,33)/t23-/m0/s1. The summed E-state index contributed by atoms with van der Waals surface area (Å²) in [6.07, 6.45) is 6.65. The van der Waals surface area contributed by atoms with E-state index in [0.717, 1.165) is 52.6 Å². The number of amides is 1. The second-order valence-electron chi connectivity index (χ2n) is 9.73. The fourth-order valence-electron chi connectivity index (χ4n) is 5.19. The molecule has 9 heteroatoms. The van der Waals surface area contributed by atoms with Gasteiger partial charge >= 0.3 is 0 Å². The van der Waals surface area contributed by atoms with Crippen molar-refractivity contribution >= 4 is 39.6 Å². The van der Waals surface area contributed by atoms with Gasteiger partial charge in [0.25, 0.3) is 0 Å². The third-order valence-corrected chi connectivity index (χ3v) is 7.46. The van der Waals surface area contributed by atoms with Crippen LogP contribution in [0, 0.1) is 0 Å². The van der Waals surface area contributed by atoms with Crippen LogP contribution in [0.25, 0.3) is 21.9 Å². The van der Waals surface area contributed by atoms with Crippen molar-refractivity contribution in [2.45, 2.75) is 59.0 Å². The Bertz CT molecular complexity index is 1390. The number of hydrogen-bond acceptors (Lipinski definition) is 7. The highest BCUT2D eigenvalue weighted by atomic mass is 16.2. The summed E-state index contributed by atoms with van der Waals surface area (Å²) >= 11 is 0. The van der Waals surface area contributed by atoms with E-state index in [0.29, 0.717) is 32.1 Å². The molecule has 1 atom stereocenters. The Balaban J connectivity index is 1.54. The van der Waals surface area contributed by atoms with Gasteiger partial charge in [0.05, 0.1) is 23.8 Å². The van der Waals surface area contributed by atoms with Crippen LogP contribution in [0.3, 0.4) is 0 Å². The molecular weight excluding hydrogens is 464 g/mol. The number of benzene rings is 1. The summed E-state index contributed by atoms with van der Waals surface area (Å²) in [6, 6.07) is 10.7. The molecule has 194 valence electrons. The summed E-state index contributed by atoms with van der Waals surface area (Å²) < 4.78 is 2.08. The number of pyridine rings is 1. The first kappa shape index (κ1) is 24.9. The lowest BCUT2D eigenvalue weighted by molar-refractivity contribution is -0.129. The topological polar surface area (TPSA) is 92.1 Å². The third kappa shape index (κ3) is 4.95. The minimum atomic E-state index is 0.0302. The molecular formula is C28H36N8O. The van der Waals surface area contributed by atoms with Gasteiger partial charge in [-0.15, -0.1) is 0 Å². The van der Waals surface area contributed by atoms with Crippen LogP contribution >= 0.6 is 0 Å². The number of piperazine rings is 1. The van der Waals surface area contributed by atoms with E-state index in [9.17, 15) is 4.79 Å². The van der Waals surface area contributed by atoms with Crippen LogP contribution < -0.4 is 10.2 Å². The molecule has 37 heavy (non-hydrogen) atoms. The zero-order valence-corrected chi connectivity index (χ0v) is 22.2. The lowest BCUT2D eigenvalue weighted by Crippen LogP contribution is -2.48. The molecule has 0 radical (unpaired) electrons. The van der Waals surface area contributed by atoms with Crippen LogP contribution in [-0.4, -0.2) is 61.7 Å². The maximum absolute atomic E-state index is 11.8. The van der Waals surface area contributed by atoms with Crippen LogP contribution in [0.15, 0.2) is 42.7 Å². The summed E-state index contributed by atoms with van der Waals surface area (Å²) in [6.45, 7) is 10.9. The number of fused-ring (bicyclic) bond motifs is 2. The molecule has 1 fully saturated rings. The molecule has 3 aromatic heterocycles. The first-order valence-electron chi connectivity index (χ1n) is 13.4. The summed E-state index contributed by atoms with van der Waals surface area (Å²) in [5.74, 6) is 1.58. The maximum atomic E-state index is 11.8. The van der Waals surface area contributed by atoms with Gasteiger partial charge < -0.3 is 15.1 Å². The van der Waals surface area contributed by atoms with E-state index in [1.54, 1.807) is 6.92 Å². The van der Waals surface area contributed by atoms with Gasteiger partial charge in [0.2, 0.25) is 11.9 Å². The van der Waals surface area contributed by atoms with Crippen LogP contribution in [0.5, 0.6) is 0 Å². The molecule has 1 amide bonds. The van der Waals surface area contributed by atoms with E-state index in [1.165, 1.54) is 0 Å². The Hall–Kier alpha value is -3.75. The van der Waals surface area contributed by atoms with Crippen molar-refractivity contribution in [2.75, 3.05) is 36.4 Å². The molecule has 0 aliphatic carbocycles. The quantitative estimate of drug-likeness (QED) is 0.365.